The van der Waals surface area contributed by atoms with E-state index >= 15 is 0 Å². The number of thiazole rings is 1. The number of nitrogens with zero attached hydrogens (tertiary/aromatic N) is 6. The molecule has 11 heteroatoms. The van der Waals surface area contributed by atoms with Gasteiger partial charge in [0.15, 0.2) is 9.50 Å². The van der Waals surface area contributed by atoms with Crippen LogP contribution < -0.4 is 0 Å². The van der Waals surface area contributed by atoms with Crippen molar-refractivity contribution in [1.29, 1.82) is 5.26 Å². The third-order valence-electron chi connectivity index (χ3n) is 4.01. The Balaban J connectivity index is 1.53. The number of para-hydroxylation sites is 1. The fraction of sp³-hybridized carbons (Fsp3) is 0.111. The highest BCUT2D eigenvalue weighted by Crippen LogP contribution is 2.36. The number of thioether (sulfide) groups is 1. The molecular weight excluding hydrogens is 428 g/mol. The van der Waals surface area contributed by atoms with Crippen LogP contribution in [0.4, 0.5) is 5.69 Å². The standard InChI is InChI=1S/C18H12N6O2S3/c1-23-16(10-27-18-20-12-4-2-3-5-14(12)29-18)21-22-17(23)28-15-8-11(9-19)6-7-13(15)24(25)26/h2-8H,10H2,1H3. The van der Waals surface area contributed by atoms with E-state index < -0.39 is 4.92 Å². The molecule has 0 aliphatic heterocycles. The Kier molecular flexibility index (Phi) is 5.48. The minimum atomic E-state index is -0.469. The highest BCUT2D eigenvalue weighted by molar-refractivity contribution is 8.00. The molecule has 0 radical (unpaired) electrons. The Morgan fingerprint density at radius 1 is 1.28 bits per heavy atom. The summed E-state index contributed by atoms with van der Waals surface area (Å²) in [5.41, 5.74) is 1.26. The van der Waals surface area contributed by atoms with Crippen molar-refractivity contribution >= 4 is 50.8 Å². The van der Waals surface area contributed by atoms with Gasteiger partial charge < -0.3 is 4.57 Å². The van der Waals surface area contributed by atoms with E-state index in [-0.39, 0.29) is 5.69 Å². The summed E-state index contributed by atoms with van der Waals surface area (Å²) in [7, 11) is 1.82. The third kappa shape index (κ3) is 4.09. The molecule has 0 spiro atoms. The van der Waals surface area contributed by atoms with Gasteiger partial charge in [-0.1, -0.05) is 23.9 Å². The summed E-state index contributed by atoms with van der Waals surface area (Å²) in [6.45, 7) is 0. The number of hydrogen-bond acceptors (Lipinski definition) is 9. The van der Waals surface area contributed by atoms with Gasteiger partial charge in [0.2, 0.25) is 0 Å². The Labute approximate surface area is 177 Å². The molecule has 0 saturated heterocycles. The number of nitro benzene ring substituents is 1. The van der Waals surface area contributed by atoms with Gasteiger partial charge in [-0.25, -0.2) is 4.98 Å². The lowest BCUT2D eigenvalue weighted by atomic mass is 10.2. The first-order valence-corrected chi connectivity index (χ1v) is 10.9. The normalized spacial score (nSPS) is 10.9. The molecule has 144 valence electrons. The molecule has 2 heterocycles. The SMILES string of the molecule is Cn1c(CSc2nc3ccccc3s2)nnc1Sc1cc(C#N)ccc1[N+](=O)[O-]. The maximum absolute atomic E-state index is 11.3. The predicted molar refractivity (Wildman–Crippen MR) is 112 cm³/mol. The van der Waals surface area contributed by atoms with Crippen molar-refractivity contribution in [3.63, 3.8) is 0 Å². The van der Waals surface area contributed by atoms with Gasteiger partial charge in [0, 0.05) is 13.1 Å². The molecule has 0 amide bonds. The van der Waals surface area contributed by atoms with Crippen LogP contribution in [0.3, 0.4) is 0 Å². The summed E-state index contributed by atoms with van der Waals surface area (Å²) >= 11 is 4.31. The number of aromatic nitrogens is 4. The molecule has 2 aromatic heterocycles. The predicted octanol–water partition coefficient (Wildman–Crippen LogP) is 4.65. The van der Waals surface area contributed by atoms with Crippen molar-refractivity contribution in [2.75, 3.05) is 0 Å². The first-order valence-electron chi connectivity index (χ1n) is 8.28. The number of rotatable bonds is 6. The molecule has 0 aliphatic carbocycles. The number of nitro groups is 1. The maximum atomic E-state index is 11.3. The first-order chi connectivity index (χ1) is 14.0. The van der Waals surface area contributed by atoms with Crippen molar-refractivity contribution in [2.45, 2.75) is 20.1 Å². The minimum Gasteiger partial charge on any atom is -0.308 e. The van der Waals surface area contributed by atoms with E-state index in [1.54, 1.807) is 27.7 Å². The highest BCUT2D eigenvalue weighted by atomic mass is 32.2. The monoisotopic (exact) mass is 440 g/mol. The van der Waals surface area contributed by atoms with Crippen LogP contribution in [0.15, 0.2) is 56.9 Å². The summed E-state index contributed by atoms with van der Waals surface area (Å²) in [4.78, 5) is 15.8. The quantitative estimate of drug-likeness (QED) is 0.242. The number of benzene rings is 2. The largest absolute Gasteiger partial charge is 0.308 e. The van der Waals surface area contributed by atoms with Crippen LogP contribution in [0.2, 0.25) is 0 Å². The number of fused-ring (bicyclic) bond motifs is 1. The van der Waals surface area contributed by atoms with E-state index in [2.05, 4.69) is 15.2 Å². The second-order valence-electron chi connectivity index (χ2n) is 5.85. The van der Waals surface area contributed by atoms with Gasteiger partial charge in [-0.3, -0.25) is 10.1 Å². The van der Waals surface area contributed by atoms with Gasteiger partial charge >= 0.3 is 0 Å². The van der Waals surface area contributed by atoms with Gasteiger partial charge in [0.25, 0.3) is 5.69 Å². The van der Waals surface area contributed by atoms with Crippen LogP contribution in [0.1, 0.15) is 11.4 Å². The van der Waals surface area contributed by atoms with Crippen LogP contribution >= 0.6 is 34.9 Å². The fourth-order valence-electron chi connectivity index (χ4n) is 2.51. The summed E-state index contributed by atoms with van der Waals surface area (Å²) < 4.78 is 3.88. The van der Waals surface area contributed by atoms with Gasteiger partial charge in [0.1, 0.15) is 5.82 Å². The molecule has 29 heavy (non-hydrogen) atoms. The summed E-state index contributed by atoms with van der Waals surface area (Å²) in [6, 6.07) is 14.2. The summed E-state index contributed by atoms with van der Waals surface area (Å²) in [5.74, 6) is 1.31. The van der Waals surface area contributed by atoms with Gasteiger partial charge in [0.05, 0.1) is 37.4 Å². The summed E-state index contributed by atoms with van der Waals surface area (Å²) in [5, 5.41) is 29.3. The van der Waals surface area contributed by atoms with Crippen molar-refractivity contribution in [3.05, 3.63) is 64.0 Å². The van der Waals surface area contributed by atoms with Crippen LogP contribution in [-0.2, 0) is 12.8 Å². The lowest BCUT2D eigenvalue weighted by Crippen LogP contribution is -1.98. The highest BCUT2D eigenvalue weighted by Gasteiger charge is 2.19. The van der Waals surface area contributed by atoms with E-state index in [1.165, 1.54) is 18.2 Å². The second-order valence-corrected chi connectivity index (χ2v) is 9.11. The molecule has 0 saturated carbocycles. The minimum absolute atomic E-state index is 0.0672. The van der Waals surface area contributed by atoms with Crippen molar-refractivity contribution < 1.29 is 4.92 Å². The van der Waals surface area contributed by atoms with Crippen LogP contribution in [0, 0.1) is 21.4 Å². The average molecular weight is 441 g/mol. The number of nitriles is 1. The van der Waals surface area contributed by atoms with Crippen LogP contribution in [0.5, 0.6) is 0 Å². The van der Waals surface area contributed by atoms with Gasteiger partial charge in [-0.05, 0) is 36.0 Å². The number of hydrogen-bond donors (Lipinski definition) is 0. The smallest absolute Gasteiger partial charge is 0.283 e. The zero-order valence-electron chi connectivity index (χ0n) is 15.0. The van der Waals surface area contributed by atoms with Gasteiger partial charge in [-0.15, -0.1) is 21.5 Å². The maximum Gasteiger partial charge on any atom is 0.283 e. The third-order valence-corrected chi connectivity index (χ3v) is 7.27. The van der Waals surface area contributed by atoms with Crippen molar-refractivity contribution in [1.82, 2.24) is 19.7 Å². The molecule has 0 atom stereocenters. The zero-order chi connectivity index (χ0) is 20.4. The molecule has 0 aliphatic rings. The molecular formula is C18H12N6O2S3. The molecule has 8 nitrogen and oxygen atoms in total. The van der Waals surface area contributed by atoms with Crippen molar-refractivity contribution in [2.24, 2.45) is 7.05 Å². The lowest BCUT2D eigenvalue weighted by molar-refractivity contribution is -0.387. The molecule has 0 fully saturated rings. The van der Waals surface area contributed by atoms with Crippen LogP contribution in [0.25, 0.3) is 10.2 Å². The van der Waals surface area contributed by atoms with E-state index in [1.807, 2.05) is 37.4 Å². The summed E-state index contributed by atoms with van der Waals surface area (Å²) in [6.07, 6.45) is 0. The van der Waals surface area contributed by atoms with E-state index in [4.69, 9.17) is 5.26 Å². The Hall–Kier alpha value is -2.94. The molecule has 4 aromatic rings. The van der Waals surface area contributed by atoms with Crippen LogP contribution in [-0.4, -0.2) is 24.7 Å². The first kappa shape index (κ1) is 19.4. The topological polar surface area (TPSA) is 111 Å². The van der Waals surface area contributed by atoms with E-state index in [0.29, 0.717) is 21.4 Å². The molecule has 4 rings (SSSR count). The fourth-order valence-corrected chi connectivity index (χ4v) is 5.51. The van der Waals surface area contributed by atoms with Crippen molar-refractivity contribution in [3.8, 4) is 6.07 Å². The van der Waals surface area contributed by atoms with E-state index in [0.717, 1.165) is 32.1 Å². The molecule has 0 unspecified atom stereocenters. The Morgan fingerprint density at radius 2 is 2.10 bits per heavy atom. The Bertz CT molecular complexity index is 1230. The van der Waals surface area contributed by atoms with Gasteiger partial charge in [-0.2, -0.15) is 5.26 Å². The molecule has 2 aromatic carbocycles. The lowest BCUT2D eigenvalue weighted by Gasteiger charge is -2.04. The Morgan fingerprint density at radius 3 is 2.86 bits per heavy atom. The second kappa shape index (κ2) is 8.20. The molecule has 0 N–H and O–H groups in total. The van der Waals surface area contributed by atoms with E-state index in [9.17, 15) is 10.1 Å². The molecule has 0 bridgehead atoms. The zero-order valence-corrected chi connectivity index (χ0v) is 17.4. The average Bonchev–Trinajstić information content (AvgIpc) is 3.29.